The number of rotatable bonds is 4. The second-order valence-electron chi connectivity index (χ2n) is 2.88. The van der Waals surface area contributed by atoms with E-state index in [0.29, 0.717) is 0 Å². The van der Waals surface area contributed by atoms with Crippen molar-refractivity contribution < 1.29 is 22.5 Å². The molecule has 0 heterocycles. The van der Waals surface area contributed by atoms with E-state index in [-0.39, 0.29) is 47.4 Å². The summed E-state index contributed by atoms with van der Waals surface area (Å²) < 4.78 is 36.2. The van der Waals surface area contributed by atoms with Crippen molar-refractivity contribution in [3.63, 3.8) is 0 Å². The Morgan fingerprint density at radius 2 is 2.12 bits per heavy atom. The molecule has 0 spiro atoms. The molecule has 0 fully saturated rings. The Hall–Kier alpha value is -0.600. The Morgan fingerprint density at radius 1 is 1.47 bits per heavy atom. The van der Waals surface area contributed by atoms with Gasteiger partial charge in [-0.25, -0.2) is 4.79 Å². The first-order chi connectivity index (χ1) is 7.42. The fraction of sp³-hybridized carbons (Fsp3) is 0.222. The second-order valence-corrected chi connectivity index (χ2v) is 4.03. The molecule has 0 aliphatic heterocycles. The molecule has 0 saturated heterocycles. The number of carbonyl (C=O) groups is 1. The van der Waals surface area contributed by atoms with Crippen molar-refractivity contribution >= 4 is 51.5 Å². The Labute approximate surface area is 122 Å². The maximum atomic E-state index is 11.3. The van der Waals surface area contributed by atoms with E-state index in [0.717, 1.165) is 0 Å². The summed E-state index contributed by atoms with van der Waals surface area (Å²) >= 11 is 0. The molecule has 0 unspecified atom stereocenters. The second kappa shape index (κ2) is 6.97. The molecule has 0 aliphatic rings. The Kier molecular flexibility index (Phi) is 6.73. The van der Waals surface area contributed by atoms with E-state index < -0.39 is 16.3 Å². The van der Waals surface area contributed by atoms with Gasteiger partial charge in [0.1, 0.15) is 0 Å². The summed E-state index contributed by atoms with van der Waals surface area (Å²) in [6.07, 6.45) is 0. The van der Waals surface area contributed by atoms with E-state index in [2.05, 4.69) is 0 Å². The van der Waals surface area contributed by atoms with Crippen LogP contribution in [0.25, 0.3) is 0 Å². The van der Waals surface area contributed by atoms with Crippen LogP contribution < -0.4 is 4.72 Å². The Morgan fingerprint density at radius 3 is 2.65 bits per heavy atom. The molecule has 6 nitrogen and oxygen atoms in total. The number of carbonyl (C=O) groups excluding carboxylic acids is 1. The summed E-state index contributed by atoms with van der Waals surface area (Å²) in [5.74, 6) is -0.554. The molecule has 0 radical (unpaired) electrons. The predicted octanol–water partition coefficient (Wildman–Crippen LogP) is 0.429. The van der Waals surface area contributed by atoms with Gasteiger partial charge in [0.2, 0.25) is 0 Å². The van der Waals surface area contributed by atoms with Crippen LogP contribution in [0.2, 0.25) is 0 Å². The first kappa shape index (κ1) is 16.4. The van der Waals surface area contributed by atoms with Crippen molar-refractivity contribution in [2.45, 2.75) is 6.92 Å². The average molecular weight is 269 g/mol. The van der Waals surface area contributed by atoms with Gasteiger partial charge in [0.15, 0.2) is 0 Å². The molecule has 0 atom stereocenters. The zero-order valence-electron chi connectivity index (χ0n) is 8.50. The van der Waals surface area contributed by atoms with Crippen molar-refractivity contribution in [1.82, 2.24) is 0 Å². The zero-order chi connectivity index (χ0) is 12.2. The van der Waals surface area contributed by atoms with Crippen molar-refractivity contribution in [3.05, 3.63) is 29.8 Å². The maximum absolute atomic E-state index is 11.3. The van der Waals surface area contributed by atoms with E-state index in [9.17, 15) is 13.2 Å². The van der Waals surface area contributed by atoms with Crippen LogP contribution >= 0.6 is 0 Å². The van der Waals surface area contributed by atoms with Gasteiger partial charge in [-0.3, -0.25) is 9.27 Å². The third-order valence-electron chi connectivity index (χ3n) is 1.62. The quantitative estimate of drug-likeness (QED) is 0.470. The van der Waals surface area contributed by atoms with Crippen LogP contribution in [0.5, 0.6) is 0 Å². The van der Waals surface area contributed by atoms with Crippen LogP contribution in [0.1, 0.15) is 17.3 Å². The van der Waals surface area contributed by atoms with Crippen molar-refractivity contribution in [2.24, 2.45) is 0 Å². The molecule has 0 bridgehead atoms. The van der Waals surface area contributed by atoms with Crippen molar-refractivity contribution in [1.29, 1.82) is 0 Å². The van der Waals surface area contributed by atoms with Gasteiger partial charge in [-0.05, 0) is 25.1 Å². The number of ether oxygens (including phenoxy) is 1. The van der Waals surface area contributed by atoms with Crippen LogP contribution in [0.4, 0.5) is 5.69 Å². The molecule has 90 valence electrons. The van der Waals surface area contributed by atoms with Gasteiger partial charge in [0, 0.05) is 0 Å². The standard InChI is InChI=1S/C9H11NO5S.Na.H/c1-2-15-9(11)7-4-3-5-8(6-7)10-16(12,13)14;;/h3-6,10H,2H2,1H3,(H,12,13,14);;. The minimum atomic E-state index is -4.33. The summed E-state index contributed by atoms with van der Waals surface area (Å²) in [6, 6.07) is 5.62. The number of benzene rings is 1. The van der Waals surface area contributed by atoms with E-state index in [1.165, 1.54) is 24.3 Å². The zero-order valence-corrected chi connectivity index (χ0v) is 9.32. The molecule has 0 amide bonds. The summed E-state index contributed by atoms with van der Waals surface area (Å²) in [5, 5.41) is 0. The molecular formula is C9H12NNaO5S. The van der Waals surface area contributed by atoms with Crippen LogP contribution in [-0.4, -0.2) is 55.1 Å². The topological polar surface area (TPSA) is 92.7 Å². The SMILES string of the molecule is CCOC(=O)c1cccc(NS(=O)(=O)O)c1.[NaH]. The number of hydrogen-bond acceptors (Lipinski definition) is 4. The normalized spacial score (nSPS) is 10.2. The molecular weight excluding hydrogens is 257 g/mol. The van der Waals surface area contributed by atoms with Gasteiger partial charge >= 0.3 is 45.8 Å². The summed E-state index contributed by atoms with van der Waals surface area (Å²) in [7, 11) is -4.33. The molecule has 8 heteroatoms. The first-order valence-electron chi connectivity index (χ1n) is 4.45. The van der Waals surface area contributed by atoms with Crippen molar-refractivity contribution in [2.75, 3.05) is 11.3 Å². The summed E-state index contributed by atoms with van der Waals surface area (Å²) in [5.41, 5.74) is 0.295. The molecule has 2 N–H and O–H groups in total. The van der Waals surface area contributed by atoms with Crippen LogP contribution in [0.3, 0.4) is 0 Å². The molecule has 1 aromatic carbocycles. The molecule has 0 aromatic heterocycles. The van der Waals surface area contributed by atoms with Gasteiger partial charge in [0.25, 0.3) is 0 Å². The fourth-order valence-electron chi connectivity index (χ4n) is 1.07. The Bertz CT molecular complexity index is 488. The van der Waals surface area contributed by atoms with Crippen LogP contribution in [0.15, 0.2) is 24.3 Å². The molecule has 1 rings (SSSR count). The van der Waals surface area contributed by atoms with Crippen LogP contribution in [0, 0.1) is 0 Å². The molecule has 0 saturated carbocycles. The Balaban J connectivity index is 0.00000256. The van der Waals surface area contributed by atoms with Crippen molar-refractivity contribution in [3.8, 4) is 0 Å². The van der Waals surface area contributed by atoms with Crippen LogP contribution in [-0.2, 0) is 15.0 Å². The number of nitrogens with one attached hydrogen (secondary N) is 1. The number of hydrogen-bond donors (Lipinski definition) is 2. The monoisotopic (exact) mass is 269 g/mol. The van der Waals surface area contributed by atoms with Gasteiger partial charge in [0.05, 0.1) is 17.9 Å². The summed E-state index contributed by atoms with van der Waals surface area (Å²) in [4.78, 5) is 11.3. The van der Waals surface area contributed by atoms with E-state index in [1.807, 2.05) is 4.72 Å². The minimum absolute atomic E-state index is 0. The number of anilines is 1. The van der Waals surface area contributed by atoms with E-state index >= 15 is 0 Å². The molecule has 1 aromatic rings. The third kappa shape index (κ3) is 6.04. The third-order valence-corrected chi connectivity index (χ3v) is 2.11. The van der Waals surface area contributed by atoms with Gasteiger partial charge in [-0.15, -0.1) is 0 Å². The fourth-order valence-corrected chi connectivity index (χ4v) is 1.50. The predicted molar refractivity (Wildman–Crippen MR) is 64.7 cm³/mol. The summed E-state index contributed by atoms with van der Waals surface area (Å²) in [6.45, 7) is 1.90. The van der Waals surface area contributed by atoms with E-state index in [1.54, 1.807) is 6.92 Å². The number of esters is 1. The van der Waals surface area contributed by atoms with Gasteiger partial charge in [-0.2, -0.15) is 8.42 Å². The molecule has 17 heavy (non-hydrogen) atoms. The molecule has 0 aliphatic carbocycles. The van der Waals surface area contributed by atoms with Gasteiger partial charge < -0.3 is 4.74 Å². The van der Waals surface area contributed by atoms with Gasteiger partial charge in [-0.1, -0.05) is 6.07 Å². The van der Waals surface area contributed by atoms with E-state index in [4.69, 9.17) is 9.29 Å². The average Bonchev–Trinajstić information content (AvgIpc) is 2.16. The first-order valence-corrected chi connectivity index (χ1v) is 5.89.